The normalized spacial score (nSPS) is 14.3. The van der Waals surface area contributed by atoms with Gasteiger partial charge in [-0.1, -0.05) is 44.9 Å². The summed E-state index contributed by atoms with van der Waals surface area (Å²) in [6.07, 6.45) is 4.94. The van der Waals surface area contributed by atoms with E-state index in [4.69, 9.17) is 0 Å². The van der Waals surface area contributed by atoms with Crippen LogP contribution in [0.2, 0.25) is 0 Å². The Kier molecular flexibility index (Phi) is 7.29. The highest BCUT2D eigenvalue weighted by Crippen LogP contribution is 2.21. The Morgan fingerprint density at radius 3 is 2.15 bits per heavy atom. The van der Waals surface area contributed by atoms with Crippen LogP contribution >= 0.6 is 0 Å². The molecule has 1 N–H and O–H groups in total. The summed E-state index contributed by atoms with van der Waals surface area (Å²) in [6.45, 7) is 14.8. The van der Waals surface area contributed by atoms with Crippen molar-refractivity contribution >= 4 is 0 Å². The number of aryl methyl sites for hydroxylation is 3. The number of hydrogen-bond donors (Lipinski definition) is 1. The second-order valence-corrected chi connectivity index (χ2v) is 6.48. The smallest absolute Gasteiger partial charge is 0.0110 e. The molecule has 0 aliphatic heterocycles. The highest BCUT2D eigenvalue weighted by atomic mass is 14.9. The average molecular weight is 275 g/mol. The molecule has 0 aliphatic rings. The Hall–Kier alpha value is -0.820. The Morgan fingerprint density at radius 1 is 1.05 bits per heavy atom. The van der Waals surface area contributed by atoms with Crippen LogP contribution in [0.1, 0.15) is 62.3 Å². The first-order chi connectivity index (χ1) is 9.47. The summed E-state index contributed by atoms with van der Waals surface area (Å²) < 4.78 is 0. The topological polar surface area (TPSA) is 12.0 Å². The van der Waals surface area contributed by atoms with Gasteiger partial charge in [0.15, 0.2) is 0 Å². The first-order valence-electron chi connectivity index (χ1n) is 8.28. The number of nitrogens with one attached hydrogen (secondary N) is 1. The zero-order valence-electron chi connectivity index (χ0n) is 14.3. The van der Waals surface area contributed by atoms with E-state index < -0.39 is 0 Å². The van der Waals surface area contributed by atoms with E-state index >= 15 is 0 Å². The first-order valence-corrected chi connectivity index (χ1v) is 8.28. The molecular formula is C19H33N. The molecule has 0 spiro atoms. The van der Waals surface area contributed by atoms with Gasteiger partial charge in [0.2, 0.25) is 0 Å². The zero-order valence-corrected chi connectivity index (χ0v) is 14.3. The van der Waals surface area contributed by atoms with Crippen molar-refractivity contribution in [3.8, 4) is 0 Å². The molecule has 0 amide bonds. The van der Waals surface area contributed by atoms with E-state index in [9.17, 15) is 0 Å². The van der Waals surface area contributed by atoms with Crippen molar-refractivity contribution in [3.05, 3.63) is 34.4 Å². The second-order valence-electron chi connectivity index (χ2n) is 6.48. The maximum absolute atomic E-state index is 3.75. The van der Waals surface area contributed by atoms with E-state index in [2.05, 4.69) is 59.0 Å². The number of rotatable bonds is 8. The Bertz CT molecular complexity index is 385. The van der Waals surface area contributed by atoms with E-state index in [0.717, 1.165) is 12.5 Å². The lowest BCUT2D eigenvalue weighted by Gasteiger charge is -2.24. The molecule has 2 atom stereocenters. The Balaban J connectivity index is 2.83. The van der Waals surface area contributed by atoms with Crippen LogP contribution < -0.4 is 5.32 Å². The molecule has 1 rings (SSSR count). The molecule has 20 heavy (non-hydrogen) atoms. The number of benzene rings is 1. The van der Waals surface area contributed by atoms with Gasteiger partial charge in [0.05, 0.1) is 0 Å². The third-order valence-corrected chi connectivity index (χ3v) is 4.36. The molecule has 114 valence electrons. The van der Waals surface area contributed by atoms with Crippen molar-refractivity contribution in [3.63, 3.8) is 0 Å². The highest BCUT2D eigenvalue weighted by Gasteiger charge is 2.15. The minimum Gasteiger partial charge on any atom is -0.314 e. The predicted octanol–water partition coefficient (Wildman–Crippen LogP) is 4.96. The summed E-state index contributed by atoms with van der Waals surface area (Å²) in [6, 6.07) is 5.26. The summed E-state index contributed by atoms with van der Waals surface area (Å²) >= 11 is 0. The molecule has 0 bridgehead atoms. The van der Waals surface area contributed by atoms with Crippen LogP contribution in [0.4, 0.5) is 0 Å². The molecule has 0 saturated carbocycles. The molecule has 0 heterocycles. The van der Waals surface area contributed by atoms with E-state index in [-0.39, 0.29) is 0 Å². The van der Waals surface area contributed by atoms with Gasteiger partial charge in [0.1, 0.15) is 0 Å². The van der Waals surface area contributed by atoms with Crippen LogP contribution in [0, 0.1) is 26.7 Å². The molecular weight excluding hydrogens is 242 g/mol. The quantitative estimate of drug-likeness (QED) is 0.707. The fourth-order valence-electron chi connectivity index (χ4n) is 3.02. The van der Waals surface area contributed by atoms with Crippen molar-refractivity contribution in [2.75, 3.05) is 6.54 Å². The molecule has 0 fully saturated rings. The maximum Gasteiger partial charge on any atom is 0.0110 e. The van der Waals surface area contributed by atoms with Gasteiger partial charge < -0.3 is 5.32 Å². The lowest BCUT2D eigenvalue weighted by atomic mass is 9.90. The third kappa shape index (κ3) is 5.28. The molecule has 1 heteroatoms. The minimum atomic E-state index is 0.616. The van der Waals surface area contributed by atoms with Gasteiger partial charge >= 0.3 is 0 Å². The van der Waals surface area contributed by atoms with E-state index in [1.807, 2.05) is 0 Å². The molecule has 1 aromatic carbocycles. The third-order valence-electron chi connectivity index (χ3n) is 4.36. The van der Waals surface area contributed by atoms with Crippen LogP contribution in [0.3, 0.4) is 0 Å². The SMILES string of the molecule is CCCNC(Cc1c(C)cc(C)cc1C)CC(C)CC. The fraction of sp³-hybridized carbons (Fsp3) is 0.684. The Labute approximate surface area is 126 Å². The standard InChI is InChI=1S/C19H33N/c1-7-9-20-18(12-14(3)8-2)13-19-16(5)10-15(4)11-17(19)6/h10-11,14,18,20H,7-9,12-13H2,1-6H3. The zero-order chi connectivity index (χ0) is 15.1. The van der Waals surface area contributed by atoms with Gasteiger partial charge in [0.25, 0.3) is 0 Å². The monoisotopic (exact) mass is 275 g/mol. The molecule has 0 aromatic heterocycles. The fourth-order valence-corrected chi connectivity index (χ4v) is 3.02. The van der Waals surface area contributed by atoms with Gasteiger partial charge in [-0.25, -0.2) is 0 Å². The van der Waals surface area contributed by atoms with Gasteiger partial charge in [-0.15, -0.1) is 0 Å². The number of hydrogen-bond acceptors (Lipinski definition) is 1. The van der Waals surface area contributed by atoms with Crippen LogP contribution in [0.15, 0.2) is 12.1 Å². The van der Waals surface area contributed by atoms with E-state index in [1.165, 1.54) is 42.4 Å². The van der Waals surface area contributed by atoms with Gasteiger partial charge in [-0.05, 0) is 69.2 Å². The Morgan fingerprint density at radius 2 is 1.65 bits per heavy atom. The summed E-state index contributed by atoms with van der Waals surface area (Å²) in [5.74, 6) is 0.801. The summed E-state index contributed by atoms with van der Waals surface area (Å²) in [4.78, 5) is 0. The minimum absolute atomic E-state index is 0.616. The highest BCUT2D eigenvalue weighted by molar-refractivity contribution is 5.38. The van der Waals surface area contributed by atoms with Crippen molar-refractivity contribution in [1.29, 1.82) is 0 Å². The maximum atomic E-state index is 3.75. The van der Waals surface area contributed by atoms with Gasteiger partial charge in [-0.2, -0.15) is 0 Å². The summed E-state index contributed by atoms with van der Waals surface area (Å²) in [5, 5.41) is 3.75. The average Bonchev–Trinajstić information content (AvgIpc) is 2.39. The molecule has 2 unspecified atom stereocenters. The lowest BCUT2D eigenvalue weighted by Crippen LogP contribution is -2.33. The first kappa shape index (κ1) is 17.2. The van der Waals surface area contributed by atoms with Crippen LogP contribution in [-0.2, 0) is 6.42 Å². The van der Waals surface area contributed by atoms with E-state index in [0.29, 0.717) is 6.04 Å². The van der Waals surface area contributed by atoms with E-state index in [1.54, 1.807) is 5.56 Å². The lowest BCUT2D eigenvalue weighted by molar-refractivity contribution is 0.391. The predicted molar refractivity (Wildman–Crippen MR) is 90.5 cm³/mol. The largest absolute Gasteiger partial charge is 0.314 e. The molecule has 0 aliphatic carbocycles. The van der Waals surface area contributed by atoms with Crippen molar-refractivity contribution < 1.29 is 0 Å². The molecule has 0 saturated heterocycles. The van der Waals surface area contributed by atoms with Gasteiger partial charge in [-0.3, -0.25) is 0 Å². The molecule has 1 nitrogen and oxygen atoms in total. The second kappa shape index (κ2) is 8.46. The molecule has 1 aromatic rings. The van der Waals surface area contributed by atoms with Crippen LogP contribution in [-0.4, -0.2) is 12.6 Å². The van der Waals surface area contributed by atoms with Crippen molar-refractivity contribution in [1.82, 2.24) is 5.32 Å². The van der Waals surface area contributed by atoms with Crippen LogP contribution in [0.25, 0.3) is 0 Å². The van der Waals surface area contributed by atoms with Crippen molar-refractivity contribution in [2.45, 2.75) is 73.3 Å². The van der Waals surface area contributed by atoms with Crippen LogP contribution in [0.5, 0.6) is 0 Å². The summed E-state index contributed by atoms with van der Waals surface area (Å²) in [7, 11) is 0. The molecule has 0 radical (unpaired) electrons. The summed E-state index contributed by atoms with van der Waals surface area (Å²) in [5.41, 5.74) is 5.83. The van der Waals surface area contributed by atoms with Gasteiger partial charge in [0, 0.05) is 6.04 Å². The van der Waals surface area contributed by atoms with Crippen molar-refractivity contribution in [2.24, 2.45) is 5.92 Å².